The van der Waals surface area contributed by atoms with E-state index in [9.17, 15) is 9.59 Å². The number of carbonyl (C=O) groups excluding carboxylic acids is 2. The Morgan fingerprint density at radius 1 is 1.24 bits per heavy atom. The van der Waals surface area contributed by atoms with Crippen molar-refractivity contribution >= 4 is 29.1 Å². The highest BCUT2D eigenvalue weighted by atomic mass is 35.5. The molecule has 0 heterocycles. The van der Waals surface area contributed by atoms with Crippen LogP contribution < -0.4 is 10.6 Å². The number of alkyl halides is 1. The number of aryl methyl sites for hydroxylation is 1. The molecule has 1 aromatic carbocycles. The van der Waals surface area contributed by atoms with Gasteiger partial charge in [0.25, 0.3) is 0 Å². The molecular weight excluding hydrogens is 240 g/mol. The van der Waals surface area contributed by atoms with Gasteiger partial charge in [-0.05, 0) is 31.0 Å². The Kier molecular flexibility index (Phi) is 4.97. The van der Waals surface area contributed by atoms with E-state index in [1.165, 1.54) is 0 Å². The van der Waals surface area contributed by atoms with E-state index >= 15 is 0 Å². The fourth-order valence-corrected chi connectivity index (χ4v) is 1.40. The van der Waals surface area contributed by atoms with E-state index in [2.05, 4.69) is 10.6 Å². The predicted molar refractivity (Wildman–Crippen MR) is 68.3 cm³/mol. The molecule has 0 atom stereocenters. The lowest BCUT2D eigenvalue weighted by molar-refractivity contribution is -0.122. The zero-order valence-corrected chi connectivity index (χ0v) is 10.6. The van der Waals surface area contributed by atoms with Gasteiger partial charge < -0.3 is 10.6 Å². The summed E-state index contributed by atoms with van der Waals surface area (Å²) in [5, 5.41) is 5.14. The lowest BCUT2D eigenvalue weighted by atomic mass is 10.1. The molecule has 0 unspecified atom stereocenters. The Balaban J connectivity index is 2.56. The Morgan fingerprint density at radius 3 is 2.59 bits per heavy atom. The summed E-state index contributed by atoms with van der Waals surface area (Å²) in [6.45, 7) is 3.83. The van der Waals surface area contributed by atoms with Crippen LogP contribution in [-0.4, -0.2) is 24.2 Å². The maximum absolute atomic E-state index is 11.5. The molecule has 4 nitrogen and oxygen atoms in total. The first-order valence-corrected chi connectivity index (χ1v) is 5.76. The van der Waals surface area contributed by atoms with Crippen molar-refractivity contribution in [2.45, 2.75) is 13.8 Å². The van der Waals surface area contributed by atoms with Crippen molar-refractivity contribution in [2.75, 3.05) is 17.7 Å². The number of amides is 2. The zero-order valence-electron chi connectivity index (χ0n) is 9.84. The molecule has 0 saturated heterocycles. The van der Waals surface area contributed by atoms with Gasteiger partial charge in [0.1, 0.15) is 5.88 Å². The summed E-state index contributed by atoms with van der Waals surface area (Å²) in [6, 6.07) is 5.67. The van der Waals surface area contributed by atoms with Gasteiger partial charge >= 0.3 is 0 Å². The van der Waals surface area contributed by atoms with Crippen molar-refractivity contribution in [3.8, 4) is 0 Å². The molecule has 0 aliphatic carbocycles. The largest absolute Gasteiger partial charge is 0.346 e. The van der Waals surface area contributed by atoms with Crippen LogP contribution in [0.15, 0.2) is 18.2 Å². The average Bonchev–Trinajstić information content (AvgIpc) is 2.32. The topological polar surface area (TPSA) is 58.2 Å². The lowest BCUT2D eigenvalue weighted by Crippen LogP contribution is -2.33. The van der Waals surface area contributed by atoms with E-state index in [-0.39, 0.29) is 24.2 Å². The van der Waals surface area contributed by atoms with E-state index in [0.717, 1.165) is 16.8 Å². The minimum absolute atomic E-state index is 0.0705. The quantitative estimate of drug-likeness (QED) is 0.802. The fraction of sp³-hybridized carbons (Fsp3) is 0.333. The first-order chi connectivity index (χ1) is 8.04. The second kappa shape index (κ2) is 6.25. The first kappa shape index (κ1) is 13.5. The molecule has 0 bridgehead atoms. The normalized spacial score (nSPS) is 9.82. The van der Waals surface area contributed by atoms with Crippen LogP contribution in [0.4, 0.5) is 5.69 Å². The van der Waals surface area contributed by atoms with Gasteiger partial charge in [0.2, 0.25) is 11.8 Å². The van der Waals surface area contributed by atoms with E-state index in [4.69, 9.17) is 11.6 Å². The predicted octanol–water partition coefficient (Wildman–Crippen LogP) is 1.60. The Labute approximate surface area is 105 Å². The van der Waals surface area contributed by atoms with Gasteiger partial charge in [0.15, 0.2) is 0 Å². The average molecular weight is 255 g/mol. The van der Waals surface area contributed by atoms with Crippen LogP contribution in [0.3, 0.4) is 0 Å². The maximum Gasteiger partial charge on any atom is 0.243 e. The van der Waals surface area contributed by atoms with E-state index in [1.807, 2.05) is 32.0 Å². The van der Waals surface area contributed by atoms with Crippen molar-refractivity contribution in [3.63, 3.8) is 0 Å². The molecular formula is C12H15ClN2O2. The lowest BCUT2D eigenvalue weighted by Gasteiger charge is -2.10. The summed E-state index contributed by atoms with van der Waals surface area (Å²) in [4.78, 5) is 22.4. The number of carbonyl (C=O) groups is 2. The minimum atomic E-state index is -0.359. The standard InChI is InChI=1S/C12H15ClN2O2/c1-8-4-3-5-10(9(8)2)15-12(17)7-14-11(16)6-13/h3-5H,6-7H2,1-2H3,(H,14,16)(H,15,17). The van der Waals surface area contributed by atoms with Crippen LogP contribution in [0.5, 0.6) is 0 Å². The zero-order chi connectivity index (χ0) is 12.8. The highest BCUT2D eigenvalue weighted by molar-refractivity contribution is 6.27. The molecule has 0 spiro atoms. The fourth-order valence-electron chi connectivity index (χ4n) is 1.31. The number of nitrogens with one attached hydrogen (secondary N) is 2. The number of hydrogen-bond donors (Lipinski definition) is 2. The van der Waals surface area contributed by atoms with Gasteiger partial charge in [-0.3, -0.25) is 9.59 Å². The summed E-state index contributed by atoms with van der Waals surface area (Å²) < 4.78 is 0. The van der Waals surface area contributed by atoms with Gasteiger partial charge in [0, 0.05) is 5.69 Å². The van der Waals surface area contributed by atoms with Gasteiger partial charge in [0.05, 0.1) is 6.54 Å². The summed E-state index contributed by atoms with van der Waals surface area (Å²) in [5.74, 6) is -0.767. The maximum atomic E-state index is 11.5. The molecule has 0 aromatic heterocycles. The number of hydrogen-bond acceptors (Lipinski definition) is 2. The molecule has 0 aliphatic rings. The SMILES string of the molecule is Cc1cccc(NC(=O)CNC(=O)CCl)c1C. The van der Waals surface area contributed by atoms with Crippen molar-refractivity contribution < 1.29 is 9.59 Å². The van der Waals surface area contributed by atoms with E-state index in [1.54, 1.807) is 0 Å². The molecule has 2 N–H and O–H groups in total. The van der Waals surface area contributed by atoms with Gasteiger partial charge in [-0.15, -0.1) is 11.6 Å². The number of rotatable bonds is 4. The second-order valence-corrected chi connectivity index (χ2v) is 3.97. The minimum Gasteiger partial charge on any atom is -0.346 e. The summed E-state index contributed by atoms with van der Waals surface area (Å²) in [6.07, 6.45) is 0. The number of benzene rings is 1. The summed E-state index contributed by atoms with van der Waals surface area (Å²) in [5.41, 5.74) is 2.88. The van der Waals surface area contributed by atoms with Crippen molar-refractivity contribution in [1.29, 1.82) is 0 Å². The third-order valence-electron chi connectivity index (χ3n) is 2.45. The van der Waals surface area contributed by atoms with E-state index < -0.39 is 0 Å². The van der Waals surface area contributed by atoms with Crippen LogP contribution in [0.1, 0.15) is 11.1 Å². The summed E-state index contributed by atoms with van der Waals surface area (Å²) >= 11 is 5.30. The second-order valence-electron chi connectivity index (χ2n) is 3.71. The molecule has 0 saturated carbocycles. The summed E-state index contributed by atoms with van der Waals surface area (Å²) in [7, 11) is 0. The van der Waals surface area contributed by atoms with Crippen LogP contribution in [0.25, 0.3) is 0 Å². The molecule has 2 amide bonds. The smallest absolute Gasteiger partial charge is 0.243 e. The molecule has 17 heavy (non-hydrogen) atoms. The molecule has 1 aromatic rings. The Hall–Kier alpha value is -1.55. The Bertz CT molecular complexity index is 433. The van der Waals surface area contributed by atoms with Crippen LogP contribution in [0, 0.1) is 13.8 Å². The van der Waals surface area contributed by atoms with Crippen LogP contribution in [0.2, 0.25) is 0 Å². The first-order valence-electron chi connectivity index (χ1n) is 5.23. The van der Waals surface area contributed by atoms with Gasteiger partial charge in [-0.2, -0.15) is 0 Å². The molecule has 0 radical (unpaired) electrons. The molecule has 92 valence electrons. The highest BCUT2D eigenvalue weighted by Crippen LogP contribution is 2.17. The van der Waals surface area contributed by atoms with Gasteiger partial charge in [-0.25, -0.2) is 0 Å². The number of halogens is 1. The monoisotopic (exact) mass is 254 g/mol. The third-order valence-corrected chi connectivity index (χ3v) is 2.69. The molecule has 0 fully saturated rings. The van der Waals surface area contributed by atoms with E-state index in [0.29, 0.717) is 0 Å². The number of anilines is 1. The van der Waals surface area contributed by atoms with Crippen molar-refractivity contribution in [2.24, 2.45) is 0 Å². The highest BCUT2D eigenvalue weighted by Gasteiger charge is 2.07. The van der Waals surface area contributed by atoms with Crippen LogP contribution in [-0.2, 0) is 9.59 Å². The van der Waals surface area contributed by atoms with Gasteiger partial charge in [-0.1, -0.05) is 12.1 Å². The van der Waals surface area contributed by atoms with Crippen molar-refractivity contribution in [1.82, 2.24) is 5.32 Å². The molecule has 1 rings (SSSR count). The molecule has 5 heteroatoms. The van der Waals surface area contributed by atoms with Crippen molar-refractivity contribution in [3.05, 3.63) is 29.3 Å². The van der Waals surface area contributed by atoms with Crippen LogP contribution >= 0.6 is 11.6 Å². The third kappa shape index (κ3) is 4.07. The molecule has 0 aliphatic heterocycles. The Morgan fingerprint density at radius 2 is 1.94 bits per heavy atom.